The number of benzene rings is 2. The zero-order valence-corrected chi connectivity index (χ0v) is 12.5. The highest BCUT2D eigenvalue weighted by molar-refractivity contribution is 5.92. The first-order valence-corrected chi connectivity index (χ1v) is 6.95. The molecule has 3 rings (SSSR count). The zero-order chi connectivity index (χ0) is 17.3. The number of nitrogens with zero attached hydrogens (tertiary/aromatic N) is 1. The molecule has 0 amide bonds. The Labute approximate surface area is 135 Å². The molecule has 0 aliphatic carbocycles. The summed E-state index contributed by atoms with van der Waals surface area (Å²) in [7, 11) is 0. The average molecular weight is 325 g/mol. The summed E-state index contributed by atoms with van der Waals surface area (Å²) in [6.07, 6.45) is 0. The van der Waals surface area contributed by atoms with Gasteiger partial charge < -0.3 is 9.15 Å². The van der Waals surface area contributed by atoms with Gasteiger partial charge in [0.15, 0.2) is 0 Å². The van der Waals surface area contributed by atoms with Crippen LogP contribution >= 0.6 is 0 Å². The van der Waals surface area contributed by atoms with E-state index < -0.39 is 16.5 Å². The number of hydrogen-bond acceptors (Lipinski definition) is 6. The van der Waals surface area contributed by atoms with Gasteiger partial charge in [0.05, 0.1) is 10.5 Å². The minimum absolute atomic E-state index is 0.116. The summed E-state index contributed by atoms with van der Waals surface area (Å²) in [5.74, 6) is -0.459. The van der Waals surface area contributed by atoms with Gasteiger partial charge in [-0.25, -0.2) is 9.59 Å². The Bertz CT molecular complexity index is 1000. The number of esters is 1. The molecule has 0 aliphatic rings. The number of ether oxygens (including phenoxy) is 1. The molecule has 2 aromatic carbocycles. The average Bonchev–Trinajstić information content (AvgIpc) is 2.54. The maximum atomic E-state index is 12.1. The molecule has 0 aliphatic heterocycles. The number of non-ortho nitro benzene ring substituents is 1. The van der Waals surface area contributed by atoms with Crippen LogP contribution in [0.15, 0.2) is 57.7 Å². The van der Waals surface area contributed by atoms with Crippen molar-refractivity contribution in [2.75, 3.05) is 0 Å². The van der Waals surface area contributed by atoms with Crippen LogP contribution in [0.4, 0.5) is 5.69 Å². The molecule has 120 valence electrons. The summed E-state index contributed by atoms with van der Waals surface area (Å²) in [5, 5.41) is 11.3. The van der Waals surface area contributed by atoms with E-state index in [2.05, 4.69) is 0 Å². The van der Waals surface area contributed by atoms with Crippen LogP contribution in [0.1, 0.15) is 15.9 Å². The maximum absolute atomic E-state index is 12.1. The second-order valence-corrected chi connectivity index (χ2v) is 5.10. The summed E-state index contributed by atoms with van der Waals surface area (Å²) in [6, 6.07) is 11.2. The van der Waals surface area contributed by atoms with Crippen LogP contribution < -0.4 is 10.4 Å². The highest BCUT2D eigenvalue weighted by Gasteiger charge is 2.12. The molecule has 0 saturated heterocycles. The van der Waals surface area contributed by atoms with E-state index in [4.69, 9.17) is 9.15 Å². The van der Waals surface area contributed by atoms with Crippen molar-refractivity contribution in [2.45, 2.75) is 6.92 Å². The standard InChI is InChI=1S/C17H11NO6/c1-10-8-16(19)24-15-9-13(6-7-14(10)15)23-17(20)11-2-4-12(5-3-11)18(21)22/h2-9H,1H3. The van der Waals surface area contributed by atoms with Crippen LogP contribution in [0, 0.1) is 17.0 Å². The molecule has 0 radical (unpaired) electrons. The molecule has 0 bridgehead atoms. The Morgan fingerprint density at radius 2 is 1.83 bits per heavy atom. The van der Waals surface area contributed by atoms with Crippen molar-refractivity contribution in [1.29, 1.82) is 0 Å². The molecule has 0 spiro atoms. The first-order chi connectivity index (χ1) is 11.4. The van der Waals surface area contributed by atoms with Crippen LogP contribution in [-0.4, -0.2) is 10.9 Å². The molecule has 1 heterocycles. The lowest BCUT2D eigenvalue weighted by Gasteiger charge is -2.06. The third-order valence-corrected chi connectivity index (χ3v) is 3.45. The fourth-order valence-electron chi connectivity index (χ4n) is 2.25. The molecule has 0 atom stereocenters. The number of carbonyl (C=O) groups excluding carboxylic acids is 1. The highest BCUT2D eigenvalue weighted by atomic mass is 16.6. The SMILES string of the molecule is Cc1cc(=O)oc2cc(OC(=O)c3ccc([N+](=O)[O-])cc3)ccc12. The Hall–Kier alpha value is -3.48. The highest BCUT2D eigenvalue weighted by Crippen LogP contribution is 2.23. The predicted octanol–water partition coefficient (Wildman–Crippen LogP) is 3.23. The Morgan fingerprint density at radius 1 is 1.12 bits per heavy atom. The number of hydrogen-bond donors (Lipinski definition) is 0. The normalized spacial score (nSPS) is 10.5. The summed E-state index contributed by atoms with van der Waals surface area (Å²) in [6.45, 7) is 1.78. The fraction of sp³-hybridized carbons (Fsp3) is 0.0588. The number of carbonyl (C=O) groups is 1. The second-order valence-electron chi connectivity index (χ2n) is 5.10. The zero-order valence-electron chi connectivity index (χ0n) is 12.5. The number of nitro benzene ring substituents is 1. The van der Waals surface area contributed by atoms with Crippen LogP contribution in [0.3, 0.4) is 0 Å². The lowest BCUT2D eigenvalue weighted by molar-refractivity contribution is -0.384. The quantitative estimate of drug-likeness (QED) is 0.241. The monoisotopic (exact) mass is 325 g/mol. The van der Waals surface area contributed by atoms with Crippen molar-refractivity contribution in [1.82, 2.24) is 0 Å². The number of aryl methyl sites for hydroxylation is 1. The lowest BCUT2D eigenvalue weighted by Crippen LogP contribution is -2.08. The van der Waals surface area contributed by atoms with Gasteiger partial charge in [0.25, 0.3) is 5.69 Å². The van der Waals surface area contributed by atoms with Gasteiger partial charge in [-0.1, -0.05) is 0 Å². The molecule has 7 heteroatoms. The van der Waals surface area contributed by atoms with Gasteiger partial charge >= 0.3 is 11.6 Å². The van der Waals surface area contributed by atoms with E-state index in [0.29, 0.717) is 5.58 Å². The van der Waals surface area contributed by atoms with Crippen molar-refractivity contribution in [3.63, 3.8) is 0 Å². The Kier molecular flexibility index (Phi) is 3.83. The fourth-order valence-corrected chi connectivity index (χ4v) is 2.25. The molecule has 24 heavy (non-hydrogen) atoms. The van der Waals surface area contributed by atoms with Crippen molar-refractivity contribution in [2.24, 2.45) is 0 Å². The molecule has 1 aromatic heterocycles. The second kappa shape index (κ2) is 5.96. The van der Waals surface area contributed by atoms with E-state index >= 15 is 0 Å². The third-order valence-electron chi connectivity index (χ3n) is 3.45. The van der Waals surface area contributed by atoms with Crippen LogP contribution in [0.5, 0.6) is 5.75 Å². The molecule has 0 saturated carbocycles. The van der Waals surface area contributed by atoms with Crippen molar-refractivity contribution in [3.8, 4) is 5.75 Å². The van der Waals surface area contributed by atoms with Crippen molar-refractivity contribution < 1.29 is 18.9 Å². The first kappa shape index (κ1) is 15.4. The van der Waals surface area contributed by atoms with E-state index in [-0.39, 0.29) is 17.0 Å². The van der Waals surface area contributed by atoms with Gasteiger partial charge in [-0.05, 0) is 36.8 Å². The van der Waals surface area contributed by atoms with Crippen LogP contribution in [0.25, 0.3) is 11.0 Å². The summed E-state index contributed by atoms with van der Waals surface area (Å²) in [4.78, 5) is 33.6. The molecule has 3 aromatic rings. The van der Waals surface area contributed by atoms with E-state index in [9.17, 15) is 19.7 Å². The van der Waals surface area contributed by atoms with Crippen molar-refractivity contribution in [3.05, 3.63) is 80.2 Å². The van der Waals surface area contributed by atoms with E-state index in [1.165, 1.54) is 36.4 Å². The van der Waals surface area contributed by atoms with Gasteiger partial charge in [0.2, 0.25) is 0 Å². The van der Waals surface area contributed by atoms with E-state index in [0.717, 1.165) is 10.9 Å². The maximum Gasteiger partial charge on any atom is 0.343 e. The van der Waals surface area contributed by atoms with Gasteiger partial charge in [0.1, 0.15) is 11.3 Å². The van der Waals surface area contributed by atoms with Gasteiger partial charge in [-0.2, -0.15) is 0 Å². The number of fused-ring (bicyclic) bond motifs is 1. The van der Waals surface area contributed by atoms with E-state index in [1.807, 2.05) is 0 Å². The Morgan fingerprint density at radius 3 is 2.50 bits per heavy atom. The van der Waals surface area contributed by atoms with Gasteiger partial charge in [0, 0.05) is 29.7 Å². The predicted molar refractivity (Wildman–Crippen MR) is 85.3 cm³/mol. The smallest absolute Gasteiger partial charge is 0.343 e. The molecule has 7 nitrogen and oxygen atoms in total. The molecule has 0 fully saturated rings. The molecule has 0 N–H and O–H groups in total. The topological polar surface area (TPSA) is 99.7 Å². The van der Waals surface area contributed by atoms with Gasteiger partial charge in [-0.15, -0.1) is 0 Å². The lowest BCUT2D eigenvalue weighted by atomic mass is 10.1. The molecule has 0 unspecified atom stereocenters. The Balaban J connectivity index is 1.87. The third kappa shape index (κ3) is 3.00. The summed E-state index contributed by atoms with van der Waals surface area (Å²) in [5.41, 5.74) is 0.642. The minimum Gasteiger partial charge on any atom is -0.423 e. The molecular formula is C17H11NO6. The van der Waals surface area contributed by atoms with Crippen LogP contribution in [0.2, 0.25) is 0 Å². The summed E-state index contributed by atoms with van der Waals surface area (Å²) >= 11 is 0. The molecular weight excluding hydrogens is 314 g/mol. The van der Waals surface area contributed by atoms with E-state index in [1.54, 1.807) is 19.1 Å². The number of nitro groups is 1. The largest absolute Gasteiger partial charge is 0.423 e. The van der Waals surface area contributed by atoms with Crippen LogP contribution in [-0.2, 0) is 0 Å². The first-order valence-electron chi connectivity index (χ1n) is 6.95. The minimum atomic E-state index is -0.667. The number of rotatable bonds is 3. The summed E-state index contributed by atoms with van der Waals surface area (Å²) < 4.78 is 10.3. The van der Waals surface area contributed by atoms with Crippen molar-refractivity contribution >= 4 is 22.6 Å². The van der Waals surface area contributed by atoms with Gasteiger partial charge in [-0.3, -0.25) is 10.1 Å².